The van der Waals surface area contributed by atoms with Gasteiger partial charge in [0.15, 0.2) is 5.12 Å². The van der Waals surface area contributed by atoms with E-state index in [2.05, 4.69) is 0 Å². The molecule has 0 saturated carbocycles. The summed E-state index contributed by atoms with van der Waals surface area (Å²) in [5.41, 5.74) is -0.832. The highest BCUT2D eigenvalue weighted by atomic mass is 32.2. The minimum absolute atomic E-state index is 0.0282. The topological polar surface area (TPSA) is 57.5 Å². The Bertz CT molecular complexity index is 488. The number of aliphatic hydroxyl groups is 2. The third-order valence-corrected chi connectivity index (χ3v) is 3.65. The van der Waals surface area contributed by atoms with Gasteiger partial charge in [0.2, 0.25) is 0 Å². The molecule has 1 rings (SSSR count). The second-order valence-electron chi connectivity index (χ2n) is 4.39. The SMILES string of the molecule is CC(=O)SCC(O)C(O)c1ccc(C)c(C(F)(F)F)c1. The average molecular weight is 308 g/mol. The summed E-state index contributed by atoms with van der Waals surface area (Å²) >= 11 is 0.804. The van der Waals surface area contributed by atoms with E-state index in [0.29, 0.717) is 0 Å². The smallest absolute Gasteiger partial charge is 0.389 e. The molecule has 0 saturated heterocycles. The number of alkyl halides is 3. The molecule has 20 heavy (non-hydrogen) atoms. The largest absolute Gasteiger partial charge is 0.416 e. The van der Waals surface area contributed by atoms with Crippen molar-refractivity contribution < 1.29 is 28.2 Å². The van der Waals surface area contributed by atoms with E-state index < -0.39 is 23.9 Å². The van der Waals surface area contributed by atoms with Crippen molar-refractivity contribution in [3.8, 4) is 0 Å². The molecule has 1 aromatic rings. The maximum absolute atomic E-state index is 12.8. The molecule has 2 atom stereocenters. The quantitative estimate of drug-likeness (QED) is 0.898. The Balaban J connectivity index is 2.94. The number of aliphatic hydroxyl groups excluding tert-OH is 2. The molecule has 0 heterocycles. The van der Waals surface area contributed by atoms with Gasteiger partial charge in [-0.15, -0.1) is 0 Å². The fraction of sp³-hybridized carbons (Fsp3) is 0.462. The number of halogens is 3. The molecule has 0 aliphatic carbocycles. The Kier molecular flexibility index (Phi) is 5.61. The first-order chi connectivity index (χ1) is 9.12. The van der Waals surface area contributed by atoms with Gasteiger partial charge in [-0.3, -0.25) is 4.79 Å². The Morgan fingerprint density at radius 2 is 1.95 bits per heavy atom. The standard InChI is InChI=1S/C13H15F3O3S/c1-7-3-4-9(5-10(7)13(14,15)16)12(19)11(18)6-20-8(2)17/h3-5,11-12,18-19H,6H2,1-2H3. The first-order valence-electron chi connectivity index (χ1n) is 5.80. The van der Waals surface area contributed by atoms with Crippen molar-refractivity contribution in [2.75, 3.05) is 5.75 Å². The predicted octanol–water partition coefficient (Wildman–Crippen LogP) is 2.69. The van der Waals surface area contributed by atoms with Gasteiger partial charge in [-0.1, -0.05) is 23.9 Å². The Morgan fingerprint density at radius 1 is 1.35 bits per heavy atom. The molecule has 0 radical (unpaired) electrons. The van der Waals surface area contributed by atoms with Crippen LogP contribution < -0.4 is 0 Å². The lowest BCUT2D eigenvalue weighted by Crippen LogP contribution is -2.22. The van der Waals surface area contributed by atoms with E-state index in [-0.39, 0.29) is 22.0 Å². The number of aryl methyl sites for hydroxylation is 1. The van der Waals surface area contributed by atoms with Gasteiger partial charge < -0.3 is 10.2 Å². The number of benzene rings is 1. The van der Waals surface area contributed by atoms with Gasteiger partial charge in [0.1, 0.15) is 6.10 Å². The minimum Gasteiger partial charge on any atom is -0.389 e. The average Bonchev–Trinajstić information content (AvgIpc) is 2.34. The fourth-order valence-electron chi connectivity index (χ4n) is 1.65. The van der Waals surface area contributed by atoms with Crippen molar-refractivity contribution in [2.45, 2.75) is 32.2 Å². The highest BCUT2D eigenvalue weighted by Gasteiger charge is 2.33. The van der Waals surface area contributed by atoms with Gasteiger partial charge in [0.25, 0.3) is 0 Å². The van der Waals surface area contributed by atoms with Crippen molar-refractivity contribution in [1.82, 2.24) is 0 Å². The van der Waals surface area contributed by atoms with Crippen molar-refractivity contribution in [1.29, 1.82) is 0 Å². The van der Waals surface area contributed by atoms with Crippen LogP contribution in [0.25, 0.3) is 0 Å². The highest BCUT2D eigenvalue weighted by Crippen LogP contribution is 2.34. The van der Waals surface area contributed by atoms with Gasteiger partial charge in [-0.2, -0.15) is 13.2 Å². The summed E-state index contributed by atoms with van der Waals surface area (Å²) in [4.78, 5) is 10.8. The summed E-state index contributed by atoms with van der Waals surface area (Å²) in [6.45, 7) is 2.62. The summed E-state index contributed by atoms with van der Waals surface area (Å²) in [6, 6.07) is 3.39. The van der Waals surface area contributed by atoms with E-state index >= 15 is 0 Å². The molecule has 1 aromatic carbocycles. The van der Waals surface area contributed by atoms with E-state index in [1.54, 1.807) is 0 Å². The van der Waals surface area contributed by atoms with Crippen LogP contribution in [0.5, 0.6) is 0 Å². The summed E-state index contributed by atoms with van der Waals surface area (Å²) in [5, 5.41) is 19.3. The van der Waals surface area contributed by atoms with Crippen molar-refractivity contribution >= 4 is 16.9 Å². The first-order valence-corrected chi connectivity index (χ1v) is 6.78. The van der Waals surface area contributed by atoms with Crippen molar-refractivity contribution in [3.63, 3.8) is 0 Å². The Labute approximate surface area is 118 Å². The van der Waals surface area contributed by atoms with Crippen LogP contribution in [0.4, 0.5) is 13.2 Å². The normalized spacial score (nSPS) is 14.9. The van der Waals surface area contributed by atoms with Crippen LogP contribution in [0.15, 0.2) is 18.2 Å². The van der Waals surface area contributed by atoms with Crippen LogP contribution in [-0.2, 0) is 11.0 Å². The van der Waals surface area contributed by atoms with Crippen LogP contribution in [0.3, 0.4) is 0 Å². The number of hydrogen-bond acceptors (Lipinski definition) is 4. The molecule has 0 fully saturated rings. The number of carbonyl (C=O) groups excluding carboxylic acids is 1. The van der Waals surface area contributed by atoms with Gasteiger partial charge in [0, 0.05) is 12.7 Å². The molecule has 0 spiro atoms. The molecular weight excluding hydrogens is 293 g/mol. The van der Waals surface area contributed by atoms with Gasteiger partial charge in [-0.05, 0) is 24.1 Å². The molecule has 2 N–H and O–H groups in total. The van der Waals surface area contributed by atoms with Gasteiger partial charge >= 0.3 is 6.18 Å². The second-order valence-corrected chi connectivity index (χ2v) is 5.58. The zero-order chi connectivity index (χ0) is 15.5. The zero-order valence-corrected chi connectivity index (χ0v) is 11.8. The van der Waals surface area contributed by atoms with Gasteiger partial charge in [-0.25, -0.2) is 0 Å². The van der Waals surface area contributed by atoms with Crippen LogP contribution in [0.1, 0.15) is 29.7 Å². The zero-order valence-electron chi connectivity index (χ0n) is 10.9. The maximum Gasteiger partial charge on any atom is 0.416 e. The molecule has 0 amide bonds. The van der Waals surface area contributed by atoms with Crippen molar-refractivity contribution in [2.24, 2.45) is 0 Å². The number of thioether (sulfide) groups is 1. The van der Waals surface area contributed by atoms with E-state index in [1.807, 2.05) is 0 Å². The number of carbonyl (C=O) groups is 1. The van der Waals surface area contributed by atoms with E-state index in [0.717, 1.165) is 17.8 Å². The molecule has 0 bridgehead atoms. The third-order valence-electron chi connectivity index (χ3n) is 2.73. The van der Waals surface area contributed by atoms with E-state index in [4.69, 9.17) is 0 Å². The second kappa shape index (κ2) is 6.60. The fourth-order valence-corrected chi connectivity index (χ4v) is 2.23. The summed E-state index contributed by atoms with van der Waals surface area (Å²) in [6.07, 6.45) is -7.30. The number of hydrogen-bond donors (Lipinski definition) is 2. The molecular formula is C13H15F3O3S. The number of rotatable bonds is 4. The molecule has 7 heteroatoms. The molecule has 0 aromatic heterocycles. The molecule has 3 nitrogen and oxygen atoms in total. The van der Waals surface area contributed by atoms with Gasteiger partial charge in [0.05, 0.1) is 11.7 Å². The molecule has 0 aliphatic rings. The Hall–Kier alpha value is -1.05. The molecule has 112 valence electrons. The Morgan fingerprint density at radius 3 is 2.45 bits per heavy atom. The van der Waals surface area contributed by atoms with Crippen LogP contribution in [0, 0.1) is 6.92 Å². The molecule has 0 aliphatic heterocycles. The monoisotopic (exact) mass is 308 g/mol. The van der Waals surface area contributed by atoms with E-state index in [1.165, 1.54) is 26.0 Å². The van der Waals surface area contributed by atoms with Crippen LogP contribution in [-0.4, -0.2) is 27.2 Å². The van der Waals surface area contributed by atoms with Crippen LogP contribution in [0.2, 0.25) is 0 Å². The summed E-state index contributed by atoms with van der Waals surface area (Å²) in [7, 11) is 0. The lowest BCUT2D eigenvalue weighted by atomic mass is 9.99. The van der Waals surface area contributed by atoms with E-state index in [9.17, 15) is 28.2 Å². The predicted molar refractivity (Wildman–Crippen MR) is 70.3 cm³/mol. The summed E-state index contributed by atoms with van der Waals surface area (Å²) in [5.74, 6) is -0.0777. The lowest BCUT2D eigenvalue weighted by Gasteiger charge is -2.19. The first kappa shape index (κ1) is 17.0. The maximum atomic E-state index is 12.8. The van der Waals surface area contributed by atoms with Crippen LogP contribution >= 0.6 is 11.8 Å². The summed E-state index contributed by atoms with van der Waals surface area (Å²) < 4.78 is 38.3. The highest BCUT2D eigenvalue weighted by molar-refractivity contribution is 8.13. The van der Waals surface area contributed by atoms with Crippen molar-refractivity contribution in [3.05, 3.63) is 34.9 Å². The minimum atomic E-state index is -4.51. The lowest BCUT2D eigenvalue weighted by molar-refractivity contribution is -0.138. The third kappa shape index (κ3) is 4.50. The molecule has 2 unspecified atom stereocenters.